The number of fused-ring (bicyclic) bond motifs is 1. The molecular weight excluding hydrogens is 372 g/mol. The van der Waals surface area contributed by atoms with Crippen LogP contribution in [0.5, 0.6) is 5.88 Å². The van der Waals surface area contributed by atoms with Gasteiger partial charge < -0.3 is 15.2 Å². The standard InChI is InChI=1S/C15H12BrClN2O3/c16-12-10-6-15(8-19-14(20)21,9-4-2-1-3-5-9)22-13(10)18-7-11(12)17/h1-5,7,19H,6,8H2,(H,20,21)/t15-/m1/s1. The Morgan fingerprint density at radius 1 is 1.45 bits per heavy atom. The van der Waals surface area contributed by atoms with Crippen molar-refractivity contribution in [3.8, 4) is 5.88 Å². The van der Waals surface area contributed by atoms with Crippen molar-refractivity contribution in [2.75, 3.05) is 6.54 Å². The molecule has 1 aliphatic rings. The largest absolute Gasteiger partial charge is 0.465 e. The lowest BCUT2D eigenvalue weighted by molar-refractivity contribution is 0.0855. The molecule has 0 saturated carbocycles. The predicted molar refractivity (Wildman–Crippen MR) is 85.4 cm³/mol. The van der Waals surface area contributed by atoms with Crippen molar-refractivity contribution in [3.63, 3.8) is 0 Å². The van der Waals surface area contributed by atoms with E-state index in [1.54, 1.807) is 0 Å². The van der Waals surface area contributed by atoms with Crippen LogP contribution in [0, 0.1) is 0 Å². The van der Waals surface area contributed by atoms with Gasteiger partial charge in [0.2, 0.25) is 5.88 Å². The molecule has 5 nitrogen and oxygen atoms in total. The number of rotatable bonds is 3. The summed E-state index contributed by atoms with van der Waals surface area (Å²) in [5.41, 5.74) is 0.885. The van der Waals surface area contributed by atoms with E-state index in [0.29, 0.717) is 17.3 Å². The van der Waals surface area contributed by atoms with E-state index in [9.17, 15) is 4.79 Å². The third-order valence-electron chi connectivity index (χ3n) is 3.61. The quantitative estimate of drug-likeness (QED) is 0.849. The van der Waals surface area contributed by atoms with Crippen molar-refractivity contribution in [3.05, 3.63) is 57.2 Å². The lowest BCUT2D eigenvalue weighted by atomic mass is 9.89. The molecule has 0 unspecified atom stereocenters. The van der Waals surface area contributed by atoms with Crippen LogP contribution < -0.4 is 10.1 Å². The van der Waals surface area contributed by atoms with Gasteiger partial charge in [0.05, 0.1) is 17.8 Å². The van der Waals surface area contributed by atoms with E-state index >= 15 is 0 Å². The van der Waals surface area contributed by atoms with Crippen LogP contribution in [0.1, 0.15) is 11.1 Å². The van der Waals surface area contributed by atoms with E-state index < -0.39 is 11.7 Å². The highest BCUT2D eigenvalue weighted by Gasteiger charge is 2.43. The summed E-state index contributed by atoms with van der Waals surface area (Å²) in [6, 6.07) is 9.49. The lowest BCUT2D eigenvalue weighted by Crippen LogP contribution is -2.43. The van der Waals surface area contributed by atoms with Gasteiger partial charge in [-0.25, -0.2) is 9.78 Å². The third-order valence-corrected chi connectivity index (χ3v) is 5.03. The van der Waals surface area contributed by atoms with E-state index in [1.165, 1.54) is 6.20 Å². The fourth-order valence-corrected chi connectivity index (χ4v) is 3.13. The molecule has 0 aliphatic carbocycles. The smallest absolute Gasteiger partial charge is 0.404 e. The van der Waals surface area contributed by atoms with Crippen molar-refractivity contribution >= 4 is 33.6 Å². The molecule has 0 spiro atoms. The van der Waals surface area contributed by atoms with Gasteiger partial charge in [0.25, 0.3) is 0 Å². The first-order chi connectivity index (χ1) is 10.5. The maximum Gasteiger partial charge on any atom is 0.404 e. The van der Waals surface area contributed by atoms with Crippen LogP contribution in [0.4, 0.5) is 4.79 Å². The van der Waals surface area contributed by atoms with Crippen LogP contribution in [-0.2, 0) is 12.0 Å². The van der Waals surface area contributed by atoms with Gasteiger partial charge in [0.1, 0.15) is 0 Å². The van der Waals surface area contributed by atoms with Gasteiger partial charge in [-0.05, 0) is 21.5 Å². The number of benzene rings is 1. The number of nitrogens with one attached hydrogen (secondary N) is 1. The Kier molecular flexibility index (Phi) is 3.97. The second-order valence-corrected chi connectivity index (χ2v) is 6.20. The van der Waals surface area contributed by atoms with Crippen molar-refractivity contribution < 1.29 is 14.6 Å². The highest BCUT2D eigenvalue weighted by atomic mass is 79.9. The molecular formula is C15H12BrClN2O3. The summed E-state index contributed by atoms with van der Waals surface area (Å²) in [7, 11) is 0. The molecule has 0 saturated heterocycles. The Bertz CT molecular complexity index is 726. The number of ether oxygens (including phenoxy) is 1. The molecule has 2 heterocycles. The number of pyridine rings is 1. The van der Waals surface area contributed by atoms with Crippen molar-refractivity contribution in [2.24, 2.45) is 0 Å². The number of aromatic nitrogens is 1. The van der Waals surface area contributed by atoms with E-state index in [-0.39, 0.29) is 6.54 Å². The van der Waals surface area contributed by atoms with Crippen LogP contribution >= 0.6 is 27.5 Å². The summed E-state index contributed by atoms with van der Waals surface area (Å²) in [4.78, 5) is 15.1. The van der Waals surface area contributed by atoms with Crippen LogP contribution in [0.25, 0.3) is 0 Å². The SMILES string of the molecule is O=C(O)NC[C@@]1(c2ccccc2)Cc2c(ncc(Cl)c2Br)O1. The third kappa shape index (κ3) is 2.64. The monoisotopic (exact) mass is 382 g/mol. The van der Waals surface area contributed by atoms with Crippen LogP contribution in [0.2, 0.25) is 5.02 Å². The molecule has 1 amide bonds. The molecule has 0 fully saturated rings. The van der Waals surface area contributed by atoms with Crippen molar-refractivity contribution in [1.82, 2.24) is 10.3 Å². The molecule has 114 valence electrons. The number of carbonyl (C=O) groups is 1. The predicted octanol–water partition coefficient (Wildman–Crippen LogP) is 3.60. The normalized spacial score (nSPS) is 19.4. The number of hydrogen-bond acceptors (Lipinski definition) is 3. The second kappa shape index (κ2) is 5.78. The average molecular weight is 384 g/mol. The minimum Gasteiger partial charge on any atom is -0.465 e. The molecule has 0 radical (unpaired) electrons. The molecule has 2 aromatic rings. The zero-order valence-electron chi connectivity index (χ0n) is 11.3. The molecule has 22 heavy (non-hydrogen) atoms. The second-order valence-electron chi connectivity index (χ2n) is 5.00. The topological polar surface area (TPSA) is 71.5 Å². The number of hydrogen-bond donors (Lipinski definition) is 2. The Labute approximate surface area is 140 Å². The molecule has 0 bridgehead atoms. The Balaban J connectivity index is 2.03. The van der Waals surface area contributed by atoms with Gasteiger partial charge in [0.15, 0.2) is 5.60 Å². The first-order valence-electron chi connectivity index (χ1n) is 6.56. The van der Waals surface area contributed by atoms with Gasteiger partial charge in [-0.1, -0.05) is 41.9 Å². The van der Waals surface area contributed by atoms with Gasteiger partial charge in [-0.2, -0.15) is 0 Å². The zero-order chi connectivity index (χ0) is 15.7. The number of halogens is 2. The molecule has 3 rings (SSSR count). The van der Waals surface area contributed by atoms with Gasteiger partial charge in [0, 0.05) is 16.5 Å². The van der Waals surface area contributed by atoms with E-state index in [0.717, 1.165) is 15.6 Å². The maximum atomic E-state index is 10.9. The summed E-state index contributed by atoms with van der Waals surface area (Å²) in [6.07, 6.45) is 0.886. The maximum absolute atomic E-state index is 10.9. The minimum atomic E-state index is -1.10. The molecule has 1 aliphatic heterocycles. The minimum absolute atomic E-state index is 0.118. The lowest BCUT2D eigenvalue weighted by Gasteiger charge is -2.28. The number of carboxylic acid groups (broad SMARTS) is 1. The summed E-state index contributed by atoms with van der Waals surface area (Å²) >= 11 is 9.53. The summed E-state index contributed by atoms with van der Waals surface area (Å²) in [5.74, 6) is 0.465. The van der Waals surface area contributed by atoms with Gasteiger partial charge in [-0.3, -0.25) is 0 Å². The first kappa shape index (κ1) is 15.1. The van der Waals surface area contributed by atoms with E-state index in [4.69, 9.17) is 21.4 Å². The molecule has 1 aromatic carbocycles. The average Bonchev–Trinajstić information content (AvgIpc) is 2.91. The Hall–Kier alpha value is -1.79. The van der Waals surface area contributed by atoms with Crippen molar-refractivity contribution in [1.29, 1.82) is 0 Å². The molecule has 1 atom stereocenters. The van der Waals surface area contributed by atoms with Crippen molar-refractivity contribution in [2.45, 2.75) is 12.0 Å². The van der Waals surface area contributed by atoms with Gasteiger partial charge in [-0.15, -0.1) is 0 Å². The van der Waals surface area contributed by atoms with Crippen LogP contribution in [0.3, 0.4) is 0 Å². The fourth-order valence-electron chi connectivity index (χ4n) is 2.56. The van der Waals surface area contributed by atoms with E-state index in [2.05, 4.69) is 26.2 Å². The highest BCUT2D eigenvalue weighted by Crippen LogP contribution is 2.44. The fraction of sp³-hybridized carbons (Fsp3) is 0.200. The summed E-state index contributed by atoms with van der Waals surface area (Å²) in [5, 5.41) is 11.8. The van der Waals surface area contributed by atoms with E-state index in [1.807, 2.05) is 30.3 Å². The highest BCUT2D eigenvalue weighted by molar-refractivity contribution is 9.10. The Morgan fingerprint density at radius 2 is 2.18 bits per heavy atom. The van der Waals surface area contributed by atoms with Gasteiger partial charge >= 0.3 is 6.09 Å². The van der Waals surface area contributed by atoms with Crippen LogP contribution in [-0.4, -0.2) is 22.7 Å². The zero-order valence-corrected chi connectivity index (χ0v) is 13.7. The summed E-state index contributed by atoms with van der Waals surface area (Å²) < 4.78 is 6.77. The number of amides is 1. The molecule has 7 heteroatoms. The Morgan fingerprint density at radius 3 is 2.86 bits per heavy atom. The summed E-state index contributed by atoms with van der Waals surface area (Å²) in [6.45, 7) is 0.118. The molecule has 2 N–H and O–H groups in total. The number of nitrogens with zero attached hydrogens (tertiary/aromatic N) is 1. The van der Waals surface area contributed by atoms with Crippen LogP contribution in [0.15, 0.2) is 41.0 Å². The first-order valence-corrected chi connectivity index (χ1v) is 7.73. The molecule has 1 aromatic heterocycles.